The van der Waals surface area contributed by atoms with Crippen LogP contribution in [0.3, 0.4) is 0 Å². The molecule has 0 saturated carbocycles. The van der Waals surface area contributed by atoms with Crippen LogP contribution in [0.2, 0.25) is 0 Å². The lowest BCUT2D eigenvalue weighted by Gasteiger charge is -2.48. The Balaban J connectivity index is 2.49. The molecule has 0 unspecified atom stereocenters. The highest BCUT2D eigenvalue weighted by Gasteiger charge is 2.39. The van der Waals surface area contributed by atoms with E-state index in [9.17, 15) is 4.79 Å². The molecule has 1 heterocycles. The molecule has 0 N–H and O–H groups in total. The topological polar surface area (TPSA) is 53.3 Å². The molecule has 1 aromatic carbocycles. The first-order chi connectivity index (χ1) is 9.63. The number of carbonyl (C=O) groups excluding carboxylic acids is 1. The molecular weight excluding hydrogens is 264 g/mol. The van der Waals surface area contributed by atoms with Crippen molar-refractivity contribution in [2.75, 3.05) is 18.0 Å². The molecule has 0 aromatic heterocycles. The molecule has 4 heteroatoms. The molecule has 0 aliphatic carbocycles. The molecule has 1 aliphatic rings. The van der Waals surface area contributed by atoms with Gasteiger partial charge in [-0.3, -0.25) is 4.79 Å². The highest BCUT2D eigenvalue weighted by atomic mass is 16.5. The van der Waals surface area contributed by atoms with Crippen LogP contribution in [0, 0.1) is 11.3 Å². The Morgan fingerprint density at radius 1 is 1.24 bits per heavy atom. The Bertz CT molecular complexity index is 596. The van der Waals surface area contributed by atoms with Crippen LogP contribution in [-0.4, -0.2) is 30.1 Å². The van der Waals surface area contributed by atoms with Crippen LogP contribution in [0.1, 0.15) is 50.5 Å². The first-order valence-corrected chi connectivity index (χ1v) is 7.14. The van der Waals surface area contributed by atoms with Crippen LogP contribution in [0.4, 0.5) is 5.69 Å². The zero-order chi connectivity index (χ0) is 15.8. The third-order valence-electron chi connectivity index (χ3n) is 3.54. The summed E-state index contributed by atoms with van der Waals surface area (Å²) >= 11 is 0. The Kier molecular flexibility index (Phi) is 3.81. The molecule has 0 atom stereocenters. The molecule has 1 aliphatic heterocycles. The van der Waals surface area contributed by atoms with E-state index in [1.165, 1.54) is 0 Å². The van der Waals surface area contributed by atoms with Gasteiger partial charge in [-0.15, -0.1) is 0 Å². The van der Waals surface area contributed by atoms with Gasteiger partial charge in [0.15, 0.2) is 5.78 Å². The van der Waals surface area contributed by atoms with Gasteiger partial charge in [0.1, 0.15) is 0 Å². The molecule has 112 valence electrons. The summed E-state index contributed by atoms with van der Waals surface area (Å²) in [5.74, 6) is 0.0107. The molecular formula is C17H22N2O2. The second-order valence-corrected chi connectivity index (χ2v) is 6.88. The monoisotopic (exact) mass is 286 g/mol. The van der Waals surface area contributed by atoms with Crippen molar-refractivity contribution in [2.45, 2.75) is 45.8 Å². The number of Topliss-reactive ketones (excluding diaryl/α,β-unsaturated/α-hetero) is 1. The number of benzene rings is 1. The number of rotatable bonds is 2. The van der Waals surface area contributed by atoms with Crippen LogP contribution in [0.5, 0.6) is 0 Å². The molecule has 0 radical (unpaired) electrons. The molecule has 4 nitrogen and oxygen atoms in total. The Morgan fingerprint density at radius 2 is 1.81 bits per heavy atom. The molecule has 1 aromatic rings. The average Bonchev–Trinajstić information content (AvgIpc) is 2.34. The molecule has 1 saturated heterocycles. The predicted octanol–water partition coefficient (Wildman–Crippen LogP) is 3.15. The average molecular weight is 286 g/mol. The maximum Gasteiger partial charge on any atom is 0.161 e. The van der Waals surface area contributed by atoms with E-state index in [2.05, 4.69) is 11.0 Å². The van der Waals surface area contributed by atoms with Crippen molar-refractivity contribution in [2.24, 2.45) is 0 Å². The second-order valence-electron chi connectivity index (χ2n) is 6.88. The number of hydrogen-bond donors (Lipinski definition) is 0. The van der Waals surface area contributed by atoms with Crippen LogP contribution in [0.15, 0.2) is 18.2 Å². The van der Waals surface area contributed by atoms with Crippen LogP contribution >= 0.6 is 0 Å². The van der Waals surface area contributed by atoms with Gasteiger partial charge in [0.2, 0.25) is 0 Å². The molecule has 2 rings (SSSR count). The van der Waals surface area contributed by atoms with Crippen LogP contribution in [-0.2, 0) is 4.74 Å². The van der Waals surface area contributed by atoms with Gasteiger partial charge in [0, 0.05) is 24.3 Å². The van der Waals surface area contributed by atoms with Gasteiger partial charge in [0.05, 0.1) is 22.8 Å². The maximum atomic E-state index is 11.9. The van der Waals surface area contributed by atoms with Gasteiger partial charge in [0.25, 0.3) is 0 Å². The zero-order valence-electron chi connectivity index (χ0n) is 13.4. The number of carbonyl (C=O) groups is 1. The third kappa shape index (κ3) is 3.43. The van der Waals surface area contributed by atoms with Crippen LogP contribution in [0.25, 0.3) is 0 Å². The van der Waals surface area contributed by atoms with Crippen molar-refractivity contribution in [3.8, 4) is 6.07 Å². The number of nitriles is 1. The van der Waals surface area contributed by atoms with E-state index in [1.54, 1.807) is 25.1 Å². The Labute approximate surface area is 126 Å². The number of nitrogens with zero attached hydrogens (tertiary/aromatic N) is 2. The number of ether oxygens (including phenoxy) is 1. The third-order valence-corrected chi connectivity index (χ3v) is 3.54. The number of anilines is 1. The first-order valence-electron chi connectivity index (χ1n) is 7.14. The SMILES string of the molecule is CC(=O)c1ccc(C#N)cc1N1CC(C)(C)OC(C)(C)C1. The molecule has 0 bridgehead atoms. The minimum Gasteiger partial charge on any atom is -0.366 e. The summed E-state index contributed by atoms with van der Waals surface area (Å²) in [5.41, 5.74) is 1.43. The fourth-order valence-corrected chi connectivity index (χ4v) is 3.12. The van der Waals surface area contributed by atoms with E-state index in [4.69, 9.17) is 10.00 Å². The normalized spacial score (nSPS) is 19.9. The molecule has 0 amide bonds. The standard InChI is InChI=1S/C17H22N2O2/c1-12(20)14-7-6-13(9-18)8-15(14)19-10-16(2,3)21-17(4,5)11-19/h6-8H,10-11H2,1-5H3. The van der Waals surface area contributed by atoms with Gasteiger partial charge in [-0.1, -0.05) is 0 Å². The summed E-state index contributed by atoms with van der Waals surface area (Å²) in [7, 11) is 0. The van der Waals surface area contributed by atoms with Crippen LogP contribution < -0.4 is 4.90 Å². The quantitative estimate of drug-likeness (QED) is 0.784. The maximum absolute atomic E-state index is 11.9. The van der Waals surface area contributed by atoms with Gasteiger partial charge in [-0.25, -0.2) is 0 Å². The number of morpholine rings is 1. The van der Waals surface area contributed by atoms with E-state index < -0.39 is 0 Å². The first kappa shape index (κ1) is 15.5. The number of ketones is 1. The van der Waals surface area contributed by atoms with E-state index in [-0.39, 0.29) is 17.0 Å². The summed E-state index contributed by atoms with van der Waals surface area (Å²) in [6.07, 6.45) is 0. The van der Waals surface area contributed by atoms with Crippen molar-refractivity contribution in [1.82, 2.24) is 0 Å². The van der Waals surface area contributed by atoms with Crippen molar-refractivity contribution < 1.29 is 9.53 Å². The molecule has 1 fully saturated rings. The summed E-state index contributed by atoms with van der Waals surface area (Å²) in [6, 6.07) is 7.38. The zero-order valence-corrected chi connectivity index (χ0v) is 13.4. The van der Waals surface area contributed by atoms with Gasteiger partial charge < -0.3 is 9.64 Å². The number of hydrogen-bond acceptors (Lipinski definition) is 4. The van der Waals surface area contributed by atoms with E-state index >= 15 is 0 Å². The highest BCUT2D eigenvalue weighted by Crippen LogP contribution is 2.33. The summed E-state index contributed by atoms with van der Waals surface area (Å²) in [5, 5.41) is 9.12. The van der Waals surface area contributed by atoms with Gasteiger partial charge in [-0.05, 0) is 52.8 Å². The summed E-state index contributed by atoms with van der Waals surface area (Å²) < 4.78 is 6.08. The minimum absolute atomic E-state index is 0.0107. The minimum atomic E-state index is -0.307. The van der Waals surface area contributed by atoms with E-state index in [0.29, 0.717) is 24.2 Å². The largest absolute Gasteiger partial charge is 0.366 e. The Morgan fingerprint density at radius 3 is 2.29 bits per heavy atom. The van der Waals surface area contributed by atoms with Crippen molar-refractivity contribution >= 4 is 11.5 Å². The highest BCUT2D eigenvalue weighted by molar-refractivity contribution is 6.00. The van der Waals surface area contributed by atoms with Gasteiger partial charge in [-0.2, -0.15) is 5.26 Å². The fourth-order valence-electron chi connectivity index (χ4n) is 3.12. The smallest absolute Gasteiger partial charge is 0.161 e. The Hall–Kier alpha value is -1.86. The second kappa shape index (κ2) is 5.16. The summed E-state index contributed by atoms with van der Waals surface area (Å²) in [4.78, 5) is 14.0. The van der Waals surface area contributed by atoms with E-state index in [0.717, 1.165) is 5.69 Å². The fraction of sp³-hybridized carbons (Fsp3) is 0.529. The lowest BCUT2D eigenvalue weighted by atomic mass is 9.96. The molecule has 0 spiro atoms. The predicted molar refractivity (Wildman–Crippen MR) is 82.6 cm³/mol. The van der Waals surface area contributed by atoms with Crippen molar-refractivity contribution in [1.29, 1.82) is 5.26 Å². The van der Waals surface area contributed by atoms with E-state index in [1.807, 2.05) is 27.7 Å². The molecule has 21 heavy (non-hydrogen) atoms. The van der Waals surface area contributed by atoms with Gasteiger partial charge >= 0.3 is 0 Å². The van der Waals surface area contributed by atoms with Crippen molar-refractivity contribution in [3.63, 3.8) is 0 Å². The summed E-state index contributed by atoms with van der Waals surface area (Å²) in [6.45, 7) is 11.1. The lowest BCUT2D eigenvalue weighted by Crippen LogP contribution is -2.57. The lowest BCUT2D eigenvalue weighted by molar-refractivity contribution is -0.133. The van der Waals surface area contributed by atoms with Crippen molar-refractivity contribution in [3.05, 3.63) is 29.3 Å².